The SMILES string of the molecule is NCC1CC(=O)N(C2=CS(=O)(=O)c3ccccc32)C1. The van der Waals surface area contributed by atoms with Crippen LogP contribution in [0.4, 0.5) is 0 Å². The van der Waals surface area contributed by atoms with Crippen LogP contribution in [0.3, 0.4) is 0 Å². The van der Waals surface area contributed by atoms with Crippen LogP contribution in [-0.4, -0.2) is 32.3 Å². The molecule has 1 amide bonds. The van der Waals surface area contributed by atoms with E-state index in [4.69, 9.17) is 5.73 Å². The average Bonchev–Trinajstić information content (AvgIpc) is 2.89. The molecule has 2 aliphatic heterocycles. The van der Waals surface area contributed by atoms with Crippen LogP contribution in [0.1, 0.15) is 12.0 Å². The Labute approximate surface area is 111 Å². The molecule has 1 unspecified atom stereocenters. The van der Waals surface area contributed by atoms with Crippen molar-refractivity contribution in [2.45, 2.75) is 11.3 Å². The smallest absolute Gasteiger partial charge is 0.227 e. The van der Waals surface area contributed by atoms with E-state index >= 15 is 0 Å². The van der Waals surface area contributed by atoms with Crippen molar-refractivity contribution in [1.29, 1.82) is 0 Å². The summed E-state index contributed by atoms with van der Waals surface area (Å²) in [6.07, 6.45) is 0.385. The quantitative estimate of drug-likeness (QED) is 0.858. The Morgan fingerprint density at radius 1 is 1.32 bits per heavy atom. The molecule has 0 saturated carbocycles. The summed E-state index contributed by atoms with van der Waals surface area (Å²) in [6, 6.07) is 6.75. The molecular formula is C13H14N2O3S. The van der Waals surface area contributed by atoms with Crippen LogP contribution in [0.15, 0.2) is 34.6 Å². The molecule has 0 aliphatic carbocycles. The summed E-state index contributed by atoms with van der Waals surface area (Å²) in [5.74, 6) is 0.0393. The van der Waals surface area contributed by atoms with Gasteiger partial charge in [0.05, 0.1) is 16.0 Å². The highest BCUT2D eigenvalue weighted by Crippen LogP contribution is 2.37. The molecule has 100 valence electrons. The number of nitrogens with two attached hydrogens (primary N) is 1. The summed E-state index contributed by atoms with van der Waals surface area (Å²) < 4.78 is 24.1. The third kappa shape index (κ3) is 1.87. The number of hydrogen-bond acceptors (Lipinski definition) is 4. The Balaban J connectivity index is 2.06. The molecule has 19 heavy (non-hydrogen) atoms. The molecule has 0 aromatic heterocycles. The maximum atomic E-state index is 12.0. The van der Waals surface area contributed by atoms with Gasteiger partial charge in [0.15, 0.2) is 0 Å². The van der Waals surface area contributed by atoms with E-state index < -0.39 is 9.84 Å². The maximum absolute atomic E-state index is 12.0. The molecule has 3 rings (SSSR count). The molecule has 5 nitrogen and oxygen atoms in total. The summed E-state index contributed by atoms with van der Waals surface area (Å²) in [5.41, 5.74) is 6.68. The van der Waals surface area contributed by atoms with E-state index in [0.29, 0.717) is 30.8 Å². The van der Waals surface area contributed by atoms with Gasteiger partial charge in [0.2, 0.25) is 15.7 Å². The third-order valence-electron chi connectivity index (χ3n) is 3.57. The number of carbonyl (C=O) groups excluding carboxylic acids is 1. The molecular weight excluding hydrogens is 264 g/mol. The summed E-state index contributed by atoms with van der Waals surface area (Å²) in [7, 11) is -3.43. The monoisotopic (exact) mass is 278 g/mol. The number of carbonyl (C=O) groups is 1. The van der Waals surface area contributed by atoms with Gasteiger partial charge in [-0.1, -0.05) is 18.2 Å². The molecule has 1 atom stereocenters. The molecule has 2 aliphatic rings. The van der Waals surface area contributed by atoms with Crippen LogP contribution in [0.25, 0.3) is 5.70 Å². The first-order chi connectivity index (χ1) is 9.03. The van der Waals surface area contributed by atoms with E-state index in [0.717, 1.165) is 0 Å². The second-order valence-corrected chi connectivity index (χ2v) is 6.62. The lowest BCUT2D eigenvalue weighted by Crippen LogP contribution is -2.24. The topological polar surface area (TPSA) is 80.5 Å². The van der Waals surface area contributed by atoms with Crippen molar-refractivity contribution in [2.75, 3.05) is 13.1 Å². The Hall–Kier alpha value is -1.66. The molecule has 1 aromatic carbocycles. The number of likely N-dealkylation sites (tertiary alicyclic amines) is 1. The van der Waals surface area contributed by atoms with Gasteiger partial charge in [-0.3, -0.25) is 4.79 Å². The average molecular weight is 278 g/mol. The minimum atomic E-state index is -3.43. The summed E-state index contributed by atoms with van der Waals surface area (Å²) in [6.45, 7) is 0.926. The second kappa shape index (κ2) is 4.18. The molecule has 1 aromatic rings. The highest BCUT2D eigenvalue weighted by atomic mass is 32.2. The highest BCUT2D eigenvalue weighted by Gasteiger charge is 2.37. The van der Waals surface area contributed by atoms with Crippen LogP contribution in [-0.2, 0) is 14.6 Å². The molecule has 2 heterocycles. The van der Waals surface area contributed by atoms with E-state index in [1.165, 1.54) is 5.41 Å². The van der Waals surface area contributed by atoms with Crippen molar-refractivity contribution in [2.24, 2.45) is 11.7 Å². The Kier molecular flexibility index (Phi) is 2.72. The van der Waals surface area contributed by atoms with Gasteiger partial charge in [-0.05, 0) is 18.5 Å². The zero-order chi connectivity index (χ0) is 13.6. The molecule has 0 bridgehead atoms. The van der Waals surface area contributed by atoms with E-state index in [2.05, 4.69) is 0 Å². The van der Waals surface area contributed by atoms with Gasteiger partial charge < -0.3 is 10.6 Å². The Bertz CT molecular complexity index is 679. The minimum absolute atomic E-state index is 0.0615. The number of sulfone groups is 1. The largest absolute Gasteiger partial charge is 0.330 e. The molecule has 2 N–H and O–H groups in total. The second-order valence-electron chi connectivity index (χ2n) is 4.85. The van der Waals surface area contributed by atoms with Gasteiger partial charge in [0, 0.05) is 18.5 Å². The van der Waals surface area contributed by atoms with Crippen molar-refractivity contribution in [1.82, 2.24) is 4.90 Å². The van der Waals surface area contributed by atoms with Crippen LogP contribution in [0, 0.1) is 5.92 Å². The normalized spacial score (nSPS) is 24.5. The zero-order valence-corrected chi connectivity index (χ0v) is 11.1. The van der Waals surface area contributed by atoms with Gasteiger partial charge in [-0.15, -0.1) is 0 Å². The summed E-state index contributed by atoms with van der Waals surface area (Å²) in [5, 5.41) is 1.19. The van der Waals surface area contributed by atoms with Crippen molar-refractivity contribution in [3.63, 3.8) is 0 Å². The molecule has 1 fully saturated rings. The molecule has 6 heteroatoms. The number of nitrogens with zero attached hydrogens (tertiary/aromatic N) is 1. The van der Waals surface area contributed by atoms with Crippen molar-refractivity contribution in [3.8, 4) is 0 Å². The van der Waals surface area contributed by atoms with Crippen LogP contribution >= 0.6 is 0 Å². The van der Waals surface area contributed by atoms with E-state index in [1.54, 1.807) is 29.2 Å². The number of rotatable bonds is 2. The van der Waals surface area contributed by atoms with E-state index in [9.17, 15) is 13.2 Å². The van der Waals surface area contributed by atoms with Crippen molar-refractivity contribution in [3.05, 3.63) is 35.2 Å². The van der Waals surface area contributed by atoms with Gasteiger partial charge in [-0.2, -0.15) is 0 Å². The Morgan fingerprint density at radius 2 is 2.05 bits per heavy atom. The van der Waals surface area contributed by atoms with Crippen LogP contribution in [0.5, 0.6) is 0 Å². The molecule has 1 saturated heterocycles. The van der Waals surface area contributed by atoms with Gasteiger partial charge in [0.25, 0.3) is 0 Å². The van der Waals surface area contributed by atoms with Crippen molar-refractivity contribution >= 4 is 21.4 Å². The molecule has 0 spiro atoms. The van der Waals surface area contributed by atoms with Crippen LogP contribution < -0.4 is 5.73 Å². The minimum Gasteiger partial charge on any atom is -0.330 e. The first-order valence-electron chi connectivity index (χ1n) is 6.09. The first-order valence-corrected chi connectivity index (χ1v) is 7.64. The fourth-order valence-electron chi connectivity index (χ4n) is 2.58. The lowest BCUT2D eigenvalue weighted by Gasteiger charge is -2.18. The lowest BCUT2D eigenvalue weighted by molar-refractivity contribution is -0.125. The number of amides is 1. The maximum Gasteiger partial charge on any atom is 0.227 e. The fourth-order valence-corrected chi connectivity index (χ4v) is 4.00. The standard InChI is InChI=1S/C13H14N2O3S/c14-6-9-5-13(16)15(7-9)11-8-19(17,18)12-4-2-1-3-10(11)12/h1-4,8-9H,5-7,14H2. The van der Waals surface area contributed by atoms with Gasteiger partial charge in [-0.25, -0.2) is 8.42 Å². The molecule has 0 radical (unpaired) electrons. The highest BCUT2D eigenvalue weighted by molar-refractivity contribution is 7.95. The van der Waals surface area contributed by atoms with Crippen LogP contribution in [0.2, 0.25) is 0 Å². The summed E-state index contributed by atoms with van der Waals surface area (Å²) in [4.78, 5) is 13.8. The predicted molar refractivity (Wildman–Crippen MR) is 70.5 cm³/mol. The van der Waals surface area contributed by atoms with Gasteiger partial charge >= 0.3 is 0 Å². The summed E-state index contributed by atoms with van der Waals surface area (Å²) >= 11 is 0. The van der Waals surface area contributed by atoms with E-state index in [1.807, 2.05) is 0 Å². The van der Waals surface area contributed by atoms with E-state index in [-0.39, 0.29) is 16.7 Å². The van der Waals surface area contributed by atoms with Crippen molar-refractivity contribution < 1.29 is 13.2 Å². The fraction of sp³-hybridized carbons (Fsp3) is 0.308. The number of hydrogen-bond donors (Lipinski definition) is 1. The zero-order valence-electron chi connectivity index (χ0n) is 10.2. The number of benzene rings is 1. The number of fused-ring (bicyclic) bond motifs is 1. The predicted octanol–water partition coefficient (Wildman–Crippen LogP) is 0.579. The first kappa shape index (κ1) is 12.4. The lowest BCUT2D eigenvalue weighted by atomic mass is 10.1. The third-order valence-corrected chi connectivity index (χ3v) is 5.07. The Morgan fingerprint density at radius 3 is 2.74 bits per heavy atom. The van der Waals surface area contributed by atoms with Gasteiger partial charge in [0.1, 0.15) is 0 Å².